The van der Waals surface area contributed by atoms with Crippen LogP contribution >= 0.6 is 11.6 Å². The van der Waals surface area contributed by atoms with Crippen molar-refractivity contribution in [3.05, 3.63) is 51.9 Å². The first-order valence-corrected chi connectivity index (χ1v) is 7.09. The molecule has 0 aliphatic carbocycles. The zero-order valence-corrected chi connectivity index (χ0v) is 12.6. The second-order valence-electron chi connectivity index (χ2n) is 4.71. The molecule has 0 spiro atoms. The summed E-state index contributed by atoms with van der Waals surface area (Å²) in [5, 5.41) is 3.55. The summed E-state index contributed by atoms with van der Waals surface area (Å²) in [6.45, 7) is 4.27. The average Bonchev–Trinajstić information content (AvgIpc) is 2.42. The molecule has 0 atom stereocenters. The molecule has 2 aromatic rings. The summed E-state index contributed by atoms with van der Waals surface area (Å²) in [6.07, 6.45) is 1.17. The number of hydrogen-bond donors (Lipinski definition) is 1. The SMILES string of the molecule is CCc1nc(Cl)c(C)c(NCCc2cc(F)cc(F)c2)n1. The fourth-order valence-electron chi connectivity index (χ4n) is 1.94. The van der Waals surface area contributed by atoms with E-state index in [2.05, 4.69) is 15.3 Å². The number of benzene rings is 1. The van der Waals surface area contributed by atoms with E-state index in [4.69, 9.17) is 11.6 Å². The summed E-state index contributed by atoms with van der Waals surface area (Å²) >= 11 is 6.04. The highest BCUT2D eigenvalue weighted by atomic mass is 35.5. The topological polar surface area (TPSA) is 37.8 Å². The van der Waals surface area contributed by atoms with Gasteiger partial charge in [0.2, 0.25) is 0 Å². The van der Waals surface area contributed by atoms with Crippen molar-refractivity contribution in [2.45, 2.75) is 26.7 Å². The number of aryl methyl sites for hydroxylation is 1. The van der Waals surface area contributed by atoms with Crippen LogP contribution in [-0.4, -0.2) is 16.5 Å². The normalized spacial score (nSPS) is 10.7. The molecule has 0 saturated carbocycles. The Morgan fingerprint density at radius 1 is 1.14 bits per heavy atom. The molecule has 21 heavy (non-hydrogen) atoms. The minimum absolute atomic E-state index is 0.418. The van der Waals surface area contributed by atoms with Gasteiger partial charge in [0.25, 0.3) is 0 Å². The summed E-state index contributed by atoms with van der Waals surface area (Å²) in [4.78, 5) is 8.52. The van der Waals surface area contributed by atoms with Gasteiger partial charge in [0.05, 0.1) is 0 Å². The van der Waals surface area contributed by atoms with E-state index in [1.807, 2.05) is 13.8 Å². The number of aromatic nitrogens is 2. The monoisotopic (exact) mass is 311 g/mol. The number of rotatable bonds is 5. The Kier molecular flexibility index (Phi) is 5.07. The van der Waals surface area contributed by atoms with Crippen LogP contribution in [0.15, 0.2) is 18.2 Å². The fraction of sp³-hybridized carbons (Fsp3) is 0.333. The minimum Gasteiger partial charge on any atom is -0.369 e. The van der Waals surface area contributed by atoms with Gasteiger partial charge in [-0.3, -0.25) is 0 Å². The maximum absolute atomic E-state index is 13.1. The number of anilines is 1. The number of halogens is 3. The van der Waals surface area contributed by atoms with E-state index in [1.165, 1.54) is 12.1 Å². The second-order valence-corrected chi connectivity index (χ2v) is 5.07. The highest BCUT2D eigenvalue weighted by Crippen LogP contribution is 2.20. The molecule has 1 N–H and O–H groups in total. The molecule has 112 valence electrons. The van der Waals surface area contributed by atoms with E-state index in [0.29, 0.717) is 41.7 Å². The van der Waals surface area contributed by atoms with Crippen LogP contribution in [0.2, 0.25) is 5.15 Å². The highest BCUT2D eigenvalue weighted by molar-refractivity contribution is 6.30. The smallest absolute Gasteiger partial charge is 0.137 e. The van der Waals surface area contributed by atoms with Crippen LogP contribution in [0.3, 0.4) is 0 Å². The van der Waals surface area contributed by atoms with E-state index in [9.17, 15) is 8.78 Å². The van der Waals surface area contributed by atoms with Crippen molar-refractivity contribution in [2.75, 3.05) is 11.9 Å². The van der Waals surface area contributed by atoms with Gasteiger partial charge < -0.3 is 5.32 Å². The summed E-state index contributed by atoms with van der Waals surface area (Å²) in [5.74, 6) is 0.174. The number of nitrogens with zero attached hydrogens (tertiary/aromatic N) is 2. The Bertz CT molecular complexity index is 627. The molecule has 0 bridgehead atoms. The first kappa shape index (κ1) is 15.6. The van der Waals surface area contributed by atoms with Crippen LogP contribution in [0.1, 0.15) is 23.9 Å². The minimum atomic E-state index is -0.570. The van der Waals surface area contributed by atoms with Crippen LogP contribution in [0.4, 0.5) is 14.6 Å². The van der Waals surface area contributed by atoms with Crippen molar-refractivity contribution in [1.82, 2.24) is 9.97 Å². The molecule has 6 heteroatoms. The Hall–Kier alpha value is -1.75. The van der Waals surface area contributed by atoms with Crippen molar-refractivity contribution in [3.63, 3.8) is 0 Å². The maximum Gasteiger partial charge on any atom is 0.137 e. The van der Waals surface area contributed by atoms with Crippen molar-refractivity contribution in [3.8, 4) is 0 Å². The quantitative estimate of drug-likeness (QED) is 0.850. The van der Waals surface area contributed by atoms with Gasteiger partial charge in [0, 0.05) is 24.6 Å². The maximum atomic E-state index is 13.1. The number of nitrogens with one attached hydrogen (secondary N) is 1. The zero-order valence-electron chi connectivity index (χ0n) is 11.9. The first-order valence-electron chi connectivity index (χ1n) is 6.71. The molecule has 2 rings (SSSR count). The Morgan fingerprint density at radius 3 is 2.43 bits per heavy atom. The summed E-state index contributed by atoms with van der Waals surface area (Å²) in [7, 11) is 0. The van der Waals surface area contributed by atoms with E-state index in [-0.39, 0.29) is 0 Å². The van der Waals surface area contributed by atoms with Gasteiger partial charge >= 0.3 is 0 Å². The fourth-order valence-corrected chi connectivity index (χ4v) is 2.13. The summed E-state index contributed by atoms with van der Waals surface area (Å²) in [6, 6.07) is 3.50. The van der Waals surface area contributed by atoms with E-state index in [0.717, 1.165) is 11.6 Å². The second kappa shape index (κ2) is 6.80. The Balaban J connectivity index is 2.05. The van der Waals surface area contributed by atoms with E-state index in [1.54, 1.807) is 0 Å². The molecule has 0 aliphatic rings. The molecule has 3 nitrogen and oxygen atoms in total. The average molecular weight is 312 g/mol. The van der Waals surface area contributed by atoms with Gasteiger partial charge in [-0.2, -0.15) is 0 Å². The molecule has 1 aromatic carbocycles. The third-order valence-corrected chi connectivity index (χ3v) is 3.45. The molecule has 1 aromatic heterocycles. The van der Waals surface area contributed by atoms with E-state index < -0.39 is 11.6 Å². The lowest BCUT2D eigenvalue weighted by molar-refractivity contribution is 0.580. The van der Waals surface area contributed by atoms with Crippen LogP contribution in [0, 0.1) is 18.6 Å². The van der Waals surface area contributed by atoms with Crippen LogP contribution in [0.5, 0.6) is 0 Å². The summed E-state index contributed by atoms with van der Waals surface area (Å²) < 4.78 is 26.2. The first-order chi connectivity index (χ1) is 9.99. The standard InChI is InChI=1S/C15H16ClF2N3/c1-3-13-20-14(16)9(2)15(21-13)19-5-4-10-6-11(17)8-12(18)7-10/h6-8H,3-5H2,1-2H3,(H,19,20,21). The molecule has 0 radical (unpaired) electrons. The van der Waals surface area contributed by atoms with Gasteiger partial charge in [0.1, 0.15) is 28.4 Å². The van der Waals surface area contributed by atoms with Crippen molar-refractivity contribution in [2.24, 2.45) is 0 Å². The number of hydrogen-bond acceptors (Lipinski definition) is 3. The molecule has 0 saturated heterocycles. The lowest BCUT2D eigenvalue weighted by Gasteiger charge is -2.11. The van der Waals surface area contributed by atoms with Crippen LogP contribution < -0.4 is 5.32 Å². The van der Waals surface area contributed by atoms with Crippen molar-refractivity contribution < 1.29 is 8.78 Å². The Morgan fingerprint density at radius 2 is 1.81 bits per heavy atom. The molecular formula is C15H16ClF2N3. The van der Waals surface area contributed by atoms with Gasteiger partial charge in [0.15, 0.2) is 0 Å². The third-order valence-electron chi connectivity index (χ3n) is 3.08. The van der Waals surface area contributed by atoms with Gasteiger partial charge in [-0.05, 0) is 31.0 Å². The van der Waals surface area contributed by atoms with Crippen molar-refractivity contribution in [1.29, 1.82) is 0 Å². The molecule has 0 fully saturated rings. The predicted octanol–water partition coefficient (Wildman–Crippen LogP) is 3.93. The highest BCUT2D eigenvalue weighted by Gasteiger charge is 2.08. The Labute approximate surface area is 127 Å². The molecule has 1 heterocycles. The van der Waals surface area contributed by atoms with Gasteiger partial charge in [-0.15, -0.1) is 0 Å². The molecule has 0 unspecified atom stereocenters. The van der Waals surface area contributed by atoms with E-state index >= 15 is 0 Å². The molecule has 0 aliphatic heterocycles. The largest absolute Gasteiger partial charge is 0.369 e. The summed E-state index contributed by atoms with van der Waals surface area (Å²) in [5.41, 5.74) is 1.35. The van der Waals surface area contributed by atoms with Crippen molar-refractivity contribution >= 4 is 17.4 Å². The lowest BCUT2D eigenvalue weighted by Crippen LogP contribution is -2.10. The third kappa shape index (κ3) is 4.11. The predicted molar refractivity (Wildman–Crippen MR) is 79.7 cm³/mol. The molecular weight excluding hydrogens is 296 g/mol. The van der Waals surface area contributed by atoms with Gasteiger partial charge in [-0.1, -0.05) is 18.5 Å². The van der Waals surface area contributed by atoms with Crippen LogP contribution in [0.25, 0.3) is 0 Å². The van der Waals surface area contributed by atoms with Gasteiger partial charge in [-0.25, -0.2) is 18.7 Å². The molecule has 0 amide bonds. The lowest BCUT2D eigenvalue weighted by atomic mass is 10.1. The van der Waals surface area contributed by atoms with Crippen LogP contribution in [-0.2, 0) is 12.8 Å². The zero-order chi connectivity index (χ0) is 15.4.